The predicted molar refractivity (Wildman–Crippen MR) is 84.7 cm³/mol. The van der Waals surface area contributed by atoms with Gasteiger partial charge in [-0.2, -0.15) is 0 Å². The summed E-state index contributed by atoms with van der Waals surface area (Å²) in [6.45, 7) is 2.49. The molecule has 0 aliphatic carbocycles. The van der Waals surface area contributed by atoms with Crippen LogP contribution in [-0.4, -0.2) is 7.05 Å². The molecule has 0 aliphatic rings. The highest BCUT2D eigenvalue weighted by Crippen LogP contribution is 2.28. The summed E-state index contributed by atoms with van der Waals surface area (Å²) in [6, 6.07) is 13.6. The summed E-state index contributed by atoms with van der Waals surface area (Å²) < 4.78 is 5.73. The zero-order chi connectivity index (χ0) is 14.5. The fraction of sp³-hybridized carbons (Fsp3) is 0.250. The van der Waals surface area contributed by atoms with Crippen molar-refractivity contribution in [3.8, 4) is 5.75 Å². The van der Waals surface area contributed by atoms with Gasteiger partial charge in [0.25, 0.3) is 0 Å². The van der Waals surface area contributed by atoms with Crippen LogP contribution in [0.15, 0.2) is 42.5 Å². The predicted octanol–water partition coefficient (Wildman–Crippen LogP) is 4.85. The summed E-state index contributed by atoms with van der Waals surface area (Å²) >= 11 is 12.4. The van der Waals surface area contributed by atoms with Gasteiger partial charge < -0.3 is 10.1 Å². The van der Waals surface area contributed by atoms with E-state index in [1.54, 1.807) is 0 Å². The van der Waals surface area contributed by atoms with E-state index in [-0.39, 0.29) is 6.04 Å². The summed E-state index contributed by atoms with van der Waals surface area (Å²) in [5, 5.41) is 4.57. The minimum absolute atomic E-state index is 0.208. The first-order valence-electron chi connectivity index (χ1n) is 6.44. The van der Waals surface area contributed by atoms with E-state index in [1.165, 1.54) is 0 Å². The Morgan fingerprint density at radius 2 is 1.85 bits per heavy atom. The highest BCUT2D eigenvalue weighted by atomic mass is 35.5. The molecule has 1 N–H and O–H groups in total. The molecule has 4 heteroatoms. The fourth-order valence-electron chi connectivity index (χ4n) is 1.88. The maximum atomic E-state index is 6.27. The maximum absolute atomic E-state index is 6.27. The topological polar surface area (TPSA) is 21.3 Å². The standard InChI is InChI=1S/C16H17Cl2NO/c1-11(19-2)14-8-7-13(9-16(14)18)20-10-12-5-3-4-6-15(12)17/h3-9,11,19H,10H2,1-2H3. The van der Waals surface area contributed by atoms with Crippen LogP contribution in [0.25, 0.3) is 0 Å². The molecule has 0 aromatic heterocycles. The minimum Gasteiger partial charge on any atom is -0.489 e. The zero-order valence-electron chi connectivity index (χ0n) is 11.5. The van der Waals surface area contributed by atoms with Gasteiger partial charge in [0.1, 0.15) is 12.4 Å². The van der Waals surface area contributed by atoms with Gasteiger partial charge in [0.05, 0.1) is 0 Å². The molecule has 0 bridgehead atoms. The van der Waals surface area contributed by atoms with E-state index in [1.807, 2.05) is 49.5 Å². The number of nitrogens with one attached hydrogen (secondary N) is 1. The molecule has 0 amide bonds. The molecule has 0 heterocycles. The third-order valence-electron chi connectivity index (χ3n) is 3.22. The number of benzene rings is 2. The second kappa shape index (κ2) is 6.98. The van der Waals surface area contributed by atoms with Gasteiger partial charge in [-0.05, 0) is 37.7 Å². The van der Waals surface area contributed by atoms with Crippen molar-refractivity contribution >= 4 is 23.2 Å². The normalized spacial score (nSPS) is 12.2. The van der Waals surface area contributed by atoms with E-state index in [9.17, 15) is 0 Å². The largest absolute Gasteiger partial charge is 0.489 e. The summed E-state index contributed by atoms with van der Waals surface area (Å²) in [6.07, 6.45) is 0. The average molecular weight is 310 g/mol. The first kappa shape index (κ1) is 15.2. The number of halogens is 2. The molecule has 0 fully saturated rings. The van der Waals surface area contributed by atoms with Crippen molar-refractivity contribution in [2.24, 2.45) is 0 Å². The number of hydrogen-bond donors (Lipinski definition) is 1. The molecule has 20 heavy (non-hydrogen) atoms. The van der Waals surface area contributed by atoms with Crippen LogP contribution in [0.1, 0.15) is 24.1 Å². The number of rotatable bonds is 5. The Morgan fingerprint density at radius 3 is 2.50 bits per heavy atom. The van der Waals surface area contributed by atoms with Crippen molar-refractivity contribution in [2.75, 3.05) is 7.05 Å². The quantitative estimate of drug-likeness (QED) is 0.852. The van der Waals surface area contributed by atoms with Gasteiger partial charge in [-0.1, -0.05) is 47.5 Å². The Bertz CT molecular complexity index is 586. The van der Waals surface area contributed by atoms with Gasteiger partial charge in [-0.15, -0.1) is 0 Å². The molecule has 2 rings (SSSR count). The summed E-state index contributed by atoms with van der Waals surface area (Å²) in [4.78, 5) is 0. The van der Waals surface area contributed by atoms with Crippen LogP contribution < -0.4 is 10.1 Å². The van der Waals surface area contributed by atoms with E-state index in [0.29, 0.717) is 16.7 Å². The summed E-state index contributed by atoms with van der Waals surface area (Å²) in [5.41, 5.74) is 2.01. The molecule has 0 radical (unpaired) electrons. The van der Waals surface area contributed by atoms with Crippen LogP contribution in [0.2, 0.25) is 10.0 Å². The molecule has 0 spiro atoms. The lowest BCUT2D eigenvalue weighted by Crippen LogP contribution is -2.12. The highest BCUT2D eigenvalue weighted by Gasteiger charge is 2.09. The fourth-order valence-corrected chi connectivity index (χ4v) is 2.41. The summed E-state index contributed by atoms with van der Waals surface area (Å²) in [5.74, 6) is 0.738. The van der Waals surface area contributed by atoms with Gasteiger partial charge in [-0.3, -0.25) is 0 Å². The van der Waals surface area contributed by atoms with Crippen LogP contribution in [-0.2, 0) is 6.61 Å². The Kier molecular flexibility index (Phi) is 5.30. The maximum Gasteiger partial charge on any atom is 0.121 e. The van der Waals surface area contributed by atoms with Crippen LogP contribution >= 0.6 is 23.2 Å². The average Bonchev–Trinajstić information content (AvgIpc) is 2.46. The van der Waals surface area contributed by atoms with Crippen LogP contribution in [0, 0.1) is 0 Å². The van der Waals surface area contributed by atoms with E-state index in [0.717, 1.165) is 16.9 Å². The van der Waals surface area contributed by atoms with E-state index in [2.05, 4.69) is 12.2 Å². The van der Waals surface area contributed by atoms with E-state index >= 15 is 0 Å². The lowest BCUT2D eigenvalue weighted by atomic mass is 10.1. The molecule has 0 saturated carbocycles. The molecule has 2 nitrogen and oxygen atoms in total. The van der Waals surface area contributed by atoms with Gasteiger partial charge >= 0.3 is 0 Å². The molecule has 0 saturated heterocycles. The lowest BCUT2D eigenvalue weighted by Gasteiger charge is -2.14. The minimum atomic E-state index is 0.208. The van der Waals surface area contributed by atoms with Crippen LogP contribution in [0.3, 0.4) is 0 Å². The molecule has 1 atom stereocenters. The number of ether oxygens (including phenoxy) is 1. The van der Waals surface area contributed by atoms with Crippen molar-refractivity contribution in [2.45, 2.75) is 19.6 Å². The second-order valence-corrected chi connectivity index (χ2v) is 5.39. The first-order chi connectivity index (χ1) is 9.61. The second-order valence-electron chi connectivity index (χ2n) is 4.57. The van der Waals surface area contributed by atoms with Crippen molar-refractivity contribution < 1.29 is 4.74 Å². The van der Waals surface area contributed by atoms with Crippen molar-refractivity contribution in [1.82, 2.24) is 5.32 Å². The van der Waals surface area contributed by atoms with E-state index in [4.69, 9.17) is 27.9 Å². The summed E-state index contributed by atoms with van der Waals surface area (Å²) in [7, 11) is 1.91. The SMILES string of the molecule is CNC(C)c1ccc(OCc2ccccc2Cl)cc1Cl. The number of hydrogen-bond acceptors (Lipinski definition) is 2. The van der Waals surface area contributed by atoms with Gasteiger partial charge in [0.15, 0.2) is 0 Å². The van der Waals surface area contributed by atoms with Crippen molar-refractivity contribution in [1.29, 1.82) is 0 Å². The highest BCUT2D eigenvalue weighted by molar-refractivity contribution is 6.31. The van der Waals surface area contributed by atoms with Crippen LogP contribution in [0.4, 0.5) is 0 Å². The Balaban J connectivity index is 2.08. The molecular formula is C16H17Cl2NO. The molecule has 0 aliphatic heterocycles. The zero-order valence-corrected chi connectivity index (χ0v) is 13.0. The first-order valence-corrected chi connectivity index (χ1v) is 7.20. The monoisotopic (exact) mass is 309 g/mol. The van der Waals surface area contributed by atoms with E-state index < -0.39 is 0 Å². The van der Waals surface area contributed by atoms with Gasteiger partial charge in [-0.25, -0.2) is 0 Å². The third kappa shape index (κ3) is 3.66. The Hall–Kier alpha value is -1.22. The van der Waals surface area contributed by atoms with Gasteiger partial charge in [0.2, 0.25) is 0 Å². The Morgan fingerprint density at radius 1 is 1.10 bits per heavy atom. The van der Waals surface area contributed by atoms with Crippen molar-refractivity contribution in [3.05, 3.63) is 63.6 Å². The smallest absolute Gasteiger partial charge is 0.121 e. The molecular weight excluding hydrogens is 293 g/mol. The molecule has 106 valence electrons. The lowest BCUT2D eigenvalue weighted by molar-refractivity contribution is 0.306. The third-order valence-corrected chi connectivity index (χ3v) is 3.92. The van der Waals surface area contributed by atoms with Gasteiger partial charge in [0, 0.05) is 21.7 Å². The molecule has 2 aromatic rings. The Labute approximate surface area is 129 Å². The molecule has 2 aromatic carbocycles. The molecule has 1 unspecified atom stereocenters. The van der Waals surface area contributed by atoms with Crippen molar-refractivity contribution in [3.63, 3.8) is 0 Å². The van der Waals surface area contributed by atoms with Crippen LogP contribution in [0.5, 0.6) is 5.75 Å².